The maximum Gasteiger partial charge on any atom is 0.254 e. The highest BCUT2D eigenvalue weighted by Crippen LogP contribution is 2.16. The topological polar surface area (TPSA) is 44.1 Å². The monoisotopic (exact) mass is 222 g/mol. The molecule has 0 aliphatic rings. The molecule has 4 heteroatoms. The van der Waals surface area contributed by atoms with Crippen LogP contribution in [0.3, 0.4) is 0 Å². The van der Waals surface area contributed by atoms with E-state index in [1.807, 2.05) is 24.6 Å². The second kappa shape index (κ2) is 5.52. The van der Waals surface area contributed by atoms with Gasteiger partial charge in [0.25, 0.3) is 5.91 Å². The van der Waals surface area contributed by atoms with Gasteiger partial charge < -0.3 is 4.90 Å². The molecule has 0 N–H and O–H groups in total. The van der Waals surface area contributed by atoms with Gasteiger partial charge >= 0.3 is 0 Å². The summed E-state index contributed by atoms with van der Waals surface area (Å²) in [7, 11) is 0. The predicted octanol–water partition coefficient (Wildman–Crippen LogP) is 2.43. The van der Waals surface area contributed by atoms with Crippen LogP contribution in [-0.2, 0) is 0 Å². The lowest BCUT2D eigenvalue weighted by Crippen LogP contribution is -2.31. The summed E-state index contributed by atoms with van der Waals surface area (Å²) in [6.45, 7) is 5.02. The Hall–Kier alpha value is -1.34. The van der Waals surface area contributed by atoms with Gasteiger partial charge in [-0.25, -0.2) is 0 Å². The van der Waals surface area contributed by atoms with Crippen LogP contribution in [0.5, 0.6) is 0 Å². The predicted molar refractivity (Wildman–Crippen MR) is 60.9 cm³/mol. The van der Waals surface area contributed by atoms with Crippen LogP contribution < -0.4 is 0 Å². The summed E-state index contributed by atoms with van der Waals surface area (Å²) in [6, 6.07) is 2.06. The van der Waals surface area contributed by atoms with Crippen LogP contribution in [0.2, 0.25) is 0 Å². The summed E-state index contributed by atoms with van der Waals surface area (Å²) in [5, 5.41) is 12.3. The molecular formula is C11H14N2OS. The van der Waals surface area contributed by atoms with E-state index >= 15 is 0 Å². The summed E-state index contributed by atoms with van der Waals surface area (Å²) in [6.07, 6.45) is 0.392. The quantitative estimate of drug-likeness (QED) is 0.785. The smallest absolute Gasteiger partial charge is 0.254 e. The van der Waals surface area contributed by atoms with Gasteiger partial charge in [0.2, 0.25) is 0 Å². The molecule has 0 atom stereocenters. The number of thiophene rings is 1. The minimum Gasteiger partial charge on any atom is -0.338 e. The van der Waals surface area contributed by atoms with Gasteiger partial charge in [0.15, 0.2) is 0 Å². The maximum atomic E-state index is 12.0. The molecule has 0 aromatic carbocycles. The van der Waals surface area contributed by atoms with Crippen LogP contribution >= 0.6 is 11.3 Å². The third-order valence-electron chi connectivity index (χ3n) is 2.25. The van der Waals surface area contributed by atoms with Crippen LogP contribution in [-0.4, -0.2) is 23.9 Å². The Morgan fingerprint density at radius 2 is 2.33 bits per heavy atom. The van der Waals surface area contributed by atoms with Gasteiger partial charge in [0.05, 0.1) is 18.1 Å². The van der Waals surface area contributed by atoms with E-state index in [9.17, 15) is 4.79 Å². The average Bonchev–Trinajstić information content (AvgIpc) is 2.65. The van der Waals surface area contributed by atoms with E-state index in [-0.39, 0.29) is 5.91 Å². The molecule has 0 bridgehead atoms. The number of nitrogens with zero attached hydrogens (tertiary/aromatic N) is 2. The van der Waals surface area contributed by atoms with Gasteiger partial charge in [-0.05, 0) is 24.8 Å². The van der Waals surface area contributed by atoms with E-state index in [0.29, 0.717) is 19.5 Å². The molecule has 1 aromatic rings. The lowest BCUT2D eigenvalue weighted by molar-refractivity contribution is 0.0767. The maximum absolute atomic E-state index is 12.0. The lowest BCUT2D eigenvalue weighted by Gasteiger charge is -2.19. The Bertz CT molecular complexity index is 378. The molecule has 1 heterocycles. The number of aryl methyl sites for hydroxylation is 1. The van der Waals surface area contributed by atoms with E-state index < -0.39 is 0 Å². The van der Waals surface area contributed by atoms with E-state index in [2.05, 4.69) is 6.07 Å². The molecule has 0 aliphatic heterocycles. The van der Waals surface area contributed by atoms with Crippen molar-refractivity contribution in [2.75, 3.05) is 13.1 Å². The SMILES string of the molecule is CCN(CCC#N)C(=O)c1cscc1C. The van der Waals surface area contributed by atoms with Crippen molar-refractivity contribution in [2.24, 2.45) is 0 Å². The van der Waals surface area contributed by atoms with Crippen LogP contribution in [0.15, 0.2) is 10.8 Å². The first-order valence-corrected chi connectivity index (χ1v) is 5.84. The summed E-state index contributed by atoms with van der Waals surface area (Å²) in [5.74, 6) is 0.0338. The van der Waals surface area contributed by atoms with Gasteiger partial charge in [-0.3, -0.25) is 4.79 Å². The standard InChI is InChI=1S/C11H14N2OS/c1-3-13(6-4-5-12)11(14)10-8-15-7-9(10)2/h7-8H,3-4,6H2,1-2H3. The lowest BCUT2D eigenvalue weighted by atomic mass is 10.2. The molecule has 1 aromatic heterocycles. The Kier molecular flexibility index (Phi) is 4.32. The van der Waals surface area contributed by atoms with Crippen molar-refractivity contribution in [3.63, 3.8) is 0 Å². The van der Waals surface area contributed by atoms with E-state index in [0.717, 1.165) is 11.1 Å². The summed E-state index contributed by atoms with van der Waals surface area (Å²) < 4.78 is 0. The third-order valence-corrected chi connectivity index (χ3v) is 3.11. The first-order valence-electron chi connectivity index (χ1n) is 4.89. The van der Waals surface area contributed by atoms with Crippen LogP contribution in [0, 0.1) is 18.3 Å². The molecule has 3 nitrogen and oxygen atoms in total. The Balaban J connectivity index is 2.74. The van der Waals surface area contributed by atoms with Gasteiger partial charge in [-0.2, -0.15) is 16.6 Å². The second-order valence-electron chi connectivity index (χ2n) is 3.26. The highest BCUT2D eigenvalue weighted by Gasteiger charge is 2.16. The van der Waals surface area contributed by atoms with Crippen molar-refractivity contribution >= 4 is 17.2 Å². The number of rotatable bonds is 4. The molecule has 0 saturated carbocycles. The van der Waals surface area contributed by atoms with Crippen LogP contribution in [0.1, 0.15) is 29.3 Å². The van der Waals surface area contributed by atoms with Crippen molar-refractivity contribution in [2.45, 2.75) is 20.3 Å². The number of amides is 1. The van der Waals surface area contributed by atoms with Gasteiger partial charge in [-0.1, -0.05) is 0 Å². The zero-order valence-corrected chi connectivity index (χ0v) is 9.80. The fourth-order valence-electron chi connectivity index (χ4n) is 1.34. The minimum absolute atomic E-state index is 0.0338. The number of carbonyl (C=O) groups excluding carboxylic acids is 1. The molecular weight excluding hydrogens is 208 g/mol. The van der Waals surface area contributed by atoms with Crippen molar-refractivity contribution in [3.8, 4) is 6.07 Å². The molecule has 0 saturated heterocycles. The molecule has 0 unspecified atom stereocenters. The molecule has 1 amide bonds. The fourth-order valence-corrected chi connectivity index (χ4v) is 2.16. The van der Waals surface area contributed by atoms with Crippen LogP contribution in [0.25, 0.3) is 0 Å². The number of carbonyl (C=O) groups is 1. The highest BCUT2D eigenvalue weighted by atomic mass is 32.1. The number of hydrogen-bond acceptors (Lipinski definition) is 3. The third kappa shape index (κ3) is 2.80. The first kappa shape index (κ1) is 11.7. The van der Waals surface area contributed by atoms with E-state index in [1.54, 1.807) is 4.90 Å². The van der Waals surface area contributed by atoms with Crippen molar-refractivity contribution < 1.29 is 4.79 Å². The van der Waals surface area contributed by atoms with E-state index in [4.69, 9.17) is 5.26 Å². The molecule has 0 aliphatic carbocycles. The van der Waals surface area contributed by atoms with Crippen molar-refractivity contribution in [1.29, 1.82) is 5.26 Å². The number of hydrogen-bond donors (Lipinski definition) is 0. The largest absolute Gasteiger partial charge is 0.338 e. The van der Waals surface area contributed by atoms with Crippen molar-refractivity contribution in [1.82, 2.24) is 4.90 Å². The van der Waals surface area contributed by atoms with Gasteiger partial charge in [0, 0.05) is 18.5 Å². The summed E-state index contributed by atoms with van der Waals surface area (Å²) >= 11 is 1.53. The van der Waals surface area contributed by atoms with Gasteiger partial charge in [-0.15, -0.1) is 0 Å². The summed E-state index contributed by atoms with van der Waals surface area (Å²) in [5.41, 5.74) is 1.78. The fraction of sp³-hybridized carbons (Fsp3) is 0.455. The van der Waals surface area contributed by atoms with Crippen LogP contribution in [0.4, 0.5) is 0 Å². The highest BCUT2D eigenvalue weighted by molar-refractivity contribution is 7.08. The minimum atomic E-state index is 0.0338. The molecule has 80 valence electrons. The first-order chi connectivity index (χ1) is 7.20. The van der Waals surface area contributed by atoms with E-state index in [1.165, 1.54) is 11.3 Å². The van der Waals surface area contributed by atoms with Gasteiger partial charge in [0.1, 0.15) is 0 Å². The second-order valence-corrected chi connectivity index (χ2v) is 4.00. The Morgan fingerprint density at radius 1 is 1.60 bits per heavy atom. The van der Waals surface area contributed by atoms with Crippen molar-refractivity contribution in [3.05, 3.63) is 21.9 Å². The molecule has 1 rings (SSSR count). The average molecular weight is 222 g/mol. The zero-order valence-electron chi connectivity index (χ0n) is 8.99. The molecule has 15 heavy (non-hydrogen) atoms. The molecule has 0 radical (unpaired) electrons. The summed E-state index contributed by atoms with van der Waals surface area (Å²) in [4.78, 5) is 13.7. The zero-order chi connectivity index (χ0) is 11.3. The molecule has 0 spiro atoms. The Morgan fingerprint density at radius 3 is 2.80 bits per heavy atom. The molecule has 0 fully saturated rings. The Labute approximate surface area is 93.9 Å². The number of nitriles is 1. The normalized spacial score (nSPS) is 9.67.